The number of aliphatic hydroxyl groups excluding tert-OH is 2. The molecule has 0 saturated carbocycles. The van der Waals surface area contributed by atoms with Gasteiger partial charge >= 0.3 is 0 Å². The van der Waals surface area contributed by atoms with Gasteiger partial charge in [0.05, 0.1) is 13.2 Å². The average Bonchev–Trinajstić information content (AvgIpc) is 2.76. The summed E-state index contributed by atoms with van der Waals surface area (Å²) in [4.78, 5) is 4.64. The van der Waals surface area contributed by atoms with Crippen molar-refractivity contribution in [2.75, 3.05) is 50.0 Å². The SMILES string of the molecule is Cc1cc(N2CCCC(N(CCO)CCO)CC2)ccc1N. The molecule has 5 heteroatoms. The molecule has 1 heterocycles. The normalized spacial score (nSPS) is 19.5. The lowest BCUT2D eigenvalue weighted by atomic mass is 10.1. The van der Waals surface area contributed by atoms with Crippen LogP contribution >= 0.6 is 0 Å². The van der Waals surface area contributed by atoms with Crippen molar-refractivity contribution in [2.24, 2.45) is 0 Å². The van der Waals surface area contributed by atoms with Gasteiger partial charge in [0, 0.05) is 43.6 Å². The predicted molar refractivity (Wildman–Crippen MR) is 91.2 cm³/mol. The van der Waals surface area contributed by atoms with Gasteiger partial charge in [-0.25, -0.2) is 0 Å². The molecule has 0 radical (unpaired) electrons. The Morgan fingerprint density at radius 1 is 1.18 bits per heavy atom. The summed E-state index contributed by atoms with van der Waals surface area (Å²) in [6.45, 7) is 5.68. The monoisotopic (exact) mass is 307 g/mol. The molecule has 0 amide bonds. The quantitative estimate of drug-likeness (QED) is 0.689. The van der Waals surface area contributed by atoms with Crippen molar-refractivity contribution < 1.29 is 10.2 Å². The van der Waals surface area contributed by atoms with Crippen LogP contribution in [0.2, 0.25) is 0 Å². The topological polar surface area (TPSA) is 73.0 Å². The number of nitrogens with zero attached hydrogens (tertiary/aromatic N) is 2. The summed E-state index contributed by atoms with van der Waals surface area (Å²) < 4.78 is 0. The highest BCUT2D eigenvalue weighted by molar-refractivity contribution is 5.58. The van der Waals surface area contributed by atoms with Crippen LogP contribution in [0.4, 0.5) is 11.4 Å². The van der Waals surface area contributed by atoms with Crippen molar-refractivity contribution in [3.05, 3.63) is 23.8 Å². The molecule has 4 N–H and O–H groups in total. The average molecular weight is 307 g/mol. The Morgan fingerprint density at radius 3 is 2.55 bits per heavy atom. The van der Waals surface area contributed by atoms with Crippen molar-refractivity contribution in [3.8, 4) is 0 Å². The van der Waals surface area contributed by atoms with E-state index >= 15 is 0 Å². The molecular weight excluding hydrogens is 278 g/mol. The van der Waals surface area contributed by atoms with Gasteiger partial charge in [-0.3, -0.25) is 4.90 Å². The molecule has 2 rings (SSSR count). The van der Waals surface area contributed by atoms with Gasteiger partial charge < -0.3 is 20.8 Å². The maximum atomic E-state index is 9.21. The number of aliphatic hydroxyl groups is 2. The summed E-state index contributed by atoms with van der Waals surface area (Å²) in [6, 6.07) is 6.69. The number of aryl methyl sites for hydroxylation is 1. The minimum absolute atomic E-state index is 0.150. The van der Waals surface area contributed by atoms with E-state index in [2.05, 4.69) is 21.9 Å². The zero-order valence-electron chi connectivity index (χ0n) is 13.5. The van der Waals surface area contributed by atoms with Crippen molar-refractivity contribution in [2.45, 2.75) is 32.2 Å². The van der Waals surface area contributed by atoms with Gasteiger partial charge in [-0.2, -0.15) is 0 Å². The first kappa shape index (κ1) is 17.1. The van der Waals surface area contributed by atoms with Crippen LogP contribution in [0.1, 0.15) is 24.8 Å². The van der Waals surface area contributed by atoms with Crippen molar-refractivity contribution >= 4 is 11.4 Å². The highest BCUT2D eigenvalue weighted by atomic mass is 16.3. The zero-order chi connectivity index (χ0) is 15.9. The molecule has 0 spiro atoms. The van der Waals surface area contributed by atoms with Crippen molar-refractivity contribution in [1.29, 1.82) is 0 Å². The maximum Gasteiger partial charge on any atom is 0.0558 e. The van der Waals surface area contributed by atoms with Gasteiger partial charge in [0.15, 0.2) is 0 Å². The van der Waals surface area contributed by atoms with Crippen molar-refractivity contribution in [3.63, 3.8) is 0 Å². The van der Waals surface area contributed by atoms with Gasteiger partial charge in [-0.15, -0.1) is 0 Å². The molecule has 5 nitrogen and oxygen atoms in total. The molecule has 1 fully saturated rings. The Bertz CT molecular complexity index is 461. The highest BCUT2D eigenvalue weighted by Crippen LogP contribution is 2.25. The van der Waals surface area contributed by atoms with E-state index < -0.39 is 0 Å². The third kappa shape index (κ3) is 4.35. The van der Waals surface area contributed by atoms with E-state index in [1.807, 2.05) is 13.0 Å². The number of nitrogen functional groups attached to an aromatic ring is 1. The fraction of sp³-hybridized carbons (Fsp3) is 0.647. The van der Waals surface area contributed by atoms with Gasteiger partial charge in [-0.05, 0) is 49.9 Å². The Labute approximate surface area is 133 Å². The lowest BCUT2D eigenvalue weighted by molar-refractivity contribution is 0.115. The van der Waals surface area contributed by atoms with Crippen LogP contribution in [-0.2, 0) is 0 Å². The minimum atomic E-state index is 0.150. The molecule has 0 aliphatic carbocycles. The zero-order valence-corrected chi connectivity index (χ0v) is 13.5. The van der Waals surface area contributed by atoms with Crippen LogP contribution in [0.5, 0.6) is 0 Å². The Kier molecular flexibility index (Phi) is 6.49. The van der Waals surface area contributed by atoms with Crippen LogP contribution in [0.25, 0.3) is 0 Å². The third-order valence-corrected chi connectivity index (χ3v) is 4.61. The van der Waals surface area contributed by atoms with Crippen LogP contribution < -0.4 is 10.6 Å². The predicted octanol–water partition coefficient (Wildman–Crippen LogP) is 1.22. The molecule has 1 aliphatic heterocycles. The fourth-order valence-corrected chi connectivity index (χ4v) is 3.29. The molecular formula is C17H29N3O2. The van der Waals surface area contributed by atoms with Crippen LogP contribution in [0.3, 0.4) is 0 Å². The maximum absolute atomic E-state index is 9.21. The Morgan fingerprint density at radius 2 is 1.91 bits per heavy atom. The summed E-state index contributed by atoms with van der Waals surface area (Å²) in [5, 5.41) is 18.4. The lowest BCUT2D eigenvalue weighted by Gasteiger charge is -2.30. The molecule has 1 atom stereocenters. The van der Waals surface area contributed by atoms with E-state index in [9.17, 15) is 10.2 Å². The number of benzene rings is 1. The summed E-state index contributed by atoms with van der Waals surface area (Å²) in [5.74, 6) is 0. The summed E-state index contributed by atoms with van der Waals surface area (Å²) in [5.41, 5.74) is 9.11. The molecule has 0 aromatic heterocycles. The van der Waals surface area contributed by atoms with Gasteiger partial charge in [0.1, 0.15) is 0 Å². The molecule has 0 bridgehead atoms. The van der Waals surface area contributed by atoms with E-state index in [4.69, 9.17) is 5.73 Å². The van der Waals surface area contributed by atoms with E-state index in [-0.39, 0.29) is 13.2 Å². The van der Waals surface area contributed by atoms with Gasteiger partial charge in [0.2, 0.25) is 0 Å². The fourth-order valence-electron chi connectivity index (χ4n) is 3.29. The van der Waals surface area contributed by atoms with E-state index in [0.717, 1.165) is 43.6 Å². The second kappa shape index (κ2) is 8.36. The van der Waals surface area contributed by atoms with Gasteiger partial charge in [-0.1, -0.05) is 0 Å². The number of hydrogen-bond donors (Lipinski definition) is 3. The van der Waals surface area contributed by atoms with E-state index in [0.29, 0.717) is 19.1 Å². The standard InChI is InChI=1S/C17H29N3O2/c1-14-13-16(4-5-17(14)18)19-7-2-3-15(6-8-19)20(9-11-21)10-12-22/h4-5,13,15,21-22H,2-3,6-12,18H2,1H3. The molecule has 124 valence electrons. The Balaban J connectivity index is 2.00. The molecule has 1 aromatic rings. The van der Waals surface area contributed by atoms with E-state index in [1.54, 1.807) is 0 Å². The van der Waals surface area contributed by atoms with Crippen LogP contribution in [0.15, 0.2) is 18.2 Å². The summed E-state index contributed by atoms with van der Waals surface area (Å²) >= 11 is 0. The molecule has 1 saturated heterocycles. The van der Waals surface area contributed by atoms with Gasteiger partial charge in [0.25, 0.3) is 0 Å². The first-order valence-corrected chi connectivity index (χ1v) is 8.22. The number of rotatable bonds is 6. The second-order valence-corrected chi connectivity index (χ2v) is 6.10. The number of nitrogens with two attached hydrogens (primary N) is 1. The summed E-state index contributed by atoms with van der Waals surface area (Å²) in [7, 11) is 0. The van der Waals surface area contributed by atoms with Crippen molar-refractivity contribution in [1.82, 2.24) is 4.90 Å². The molecule has 1 aliphatic rings. The van der Waals surface area contributed by atoms with Crippen LogP contribution in [-0.4, -0.2) is 60.5 Å². The third-order valence-electron chi connectivity index (χ3n) is 4.61. The van der Waals surface area contributed by atoms with Crippen LogP contribution in [0, 0.1) is 6.92 Å². The highest BCUT2D eigenvalue weighted by Gasteiger charge is 2.22. The molecule has 1 unspecified atom stereocenters. The second-order valence-electron chi connectivity index (χ2n) is 6.10. The first-order chi connectivity index (χ1) is 10.7. The smallest absolute Gasteiger partial charge is 0.0558 e. The number of anilines is 2. The van der Waals surface area contributed by atoms with E-state index in [1.165, 1.54) is 5.69 Å². The summed E-state index contributed by atoms with van der Waals surface area (Å²) in [6.07, 6.45) is 3.30. The number of hydrogen-bond acceptors (Lipinski definition) is 5. The lowest BCUT2D eigenvalue weighted by Crippen LogP contribution is -2.40. The molecule has 22 heavy (non-hydrogen) atoms. The first-order valence-electron chi connectivity index (χ1n) is 8.22. The Hall–Kier alpha value is -1.30. The largest absolute Gasteiger partial charge is 0.399 e. The minimum Gasteiger partial charge on any atom is -0.399 e. The molecule has 1 aromatic carbocycles.